The van der Waals surface area contributed by atoms with E-state index in [1.807, 2.05) is 4.90 Å². The van der Waals surface area contributed by atoms with E-state index in [4.69, 9.17) is 9.15 Å². The van der Waals surface area contributed by atoms with Crippen LogP contribution in [0.2, 0.25) is 0 Å². The van der Waals surface area contributed by atoms with Crippen molar-refractivity contribution in [2.24, 2.45) is 4.99 Å². The van der Waals surface area contributed by atoms with Crippen molar-refractivity contribution in [3.8, 4) is 11.3 Å². The standard InChI is InChI=1S/C18H15N3O5S/c22-17-16(27-18(19-17)20-7-9-25-10-8-20)11-12-5-6-15(26-12)13-3-1-2-4-14(13)21(23)24/h1-6,11H,7-10H2. The Bertz CT molecular complexity index is 959. The summed E-state index contributed by atoms with van der Waals surface area (Å²) in [7, 11) is 0. The third kappa shape index (κ3) is 3.64. The number of amidine groups is 1. The van der Waals surface area contributed by atoms with Gasteiger partial charge in [0.2, 0.25) is 0 Å². The van der Waals surface area contributed by atoms with Crippen LogP contribution in [0.25, 0.3) is 17.4 Å². The Balaban J connectivity index is 1.55. The van der Waals surface area contributed by atoms with E-state index in [2.05, 4.69) is 4.99 Å². The van der Waals surface area contributed by atoms with E-state index in [9.17, 15) is 14.9 Å². The van der Waals surface area contributed by atoms with Crippen molar-refractivity contribution in [2.75, 3.05) is 26.3 Å². The number of ether oxygens (including phenoxy) is 1. The number of nitro benzene ring substituents is 1. The first-order chi connectivity index (χ1) is 13.1. The lowest BCUT2D eigenvalue weighted by atomic mass is 10.1. The highest BCUT2D eigenvalue weighted by Gasteiger charge is 2.27. The Morgan fingerprint density at radius 1 is 1.19 bits per heavy atom. The zero-order chi connectivity index (χ0) is 18.8. The molecule has 0 bridgehead atoms. The first kappa shape index (κ1) is 17.5. The van der Waals surface area contributed by atoms with E-state index < -0.39 is 4.92 Å². The lowest BCUT2D eigenvalue weighted by molar-refractivity contribution is -0.384. The van der Waals surface area contributed by atoms with E-state index in [1.54, 1.807) is 36.4 Å². The van der Waals surface area contributed by atoms with Gasteiger partial charge in [-0.05, 0) is 30.0 Å². The average Bonchev–Trinajstić information content (AvgIpc) is 3.30. The maximum atomic E-state index is 12.2. The number of benzene rings is 1. The van der Waals surface area contributed by atoms with Crippen molar-refractivity contribution in [3.05, 3.63) is 57.2 Å². The smallest absolute Gasteiger partial charge is 0.286 e. The molecule has 4 rings (SSSR count). The third-order valence-corrected chi connectivity index (χ3v) is 5.20. The van der Waals surface area contributed by atoms with Crippen LogP contribution in [0.15, 0.2) is 50.7 Å². The fourth-order valence-corrected chi connectivity index (χ4v) is 3.78. The van der Waals surface area contributed by atoms with Gasteiger partial charge in [-0.1, -0.05) is 12.1 Å². The number of hydrogen-bond donors (Lipinski definition) is 0. The first-order valence-corrected chi connectivity index (χ1v) is 9.12. The Labute approximate surface area is 158 Å². The van der Waals surface area contributed by atoms with Gasteiger partial charge < -0.3 is 14.1 Å². The number of aliphatic imine (C=N–C) groups is 1. The van der Waals surface area contributed by atoms with Crippen LogP contribution in [-0.4, -0.2) is 47.2 Å². The van der Waals surface area contributed by atoms with Gasteiger partial charge >= 0.3 is 0 Å². The highest BCUT2D eigenvalue weighted by Crippen LogP contribution is 2.34. The summed E-state index contributed by atoms with van der Waals surface area (Å²) >= 11 is 1.30. The zero-order valence-corrected chi connectivity index (χ0v) is 15.0. The second-order valence-corrected chi connectivity index (χ2v) is 6.89. The summed E-state index contributed by atoms with van der Waals surface area (Å²) in [6, 6.07) is 9.70. The molecule has 0 N–H and O–H groups in total. The number of amides is 1. The van der Waals surface area contributed by atoms with Gasteiger partial charge in [-0.3, -0.25) is 14.9 Å². The second-order valence-electron chi connectivity index (χ2n) is 5.89. The number of nitrogens with zero attached hydrogens (tertiary/aromatic N) is 3. The molecule has 1 fully saturated rings. The fraction of sp³-hybridized carbons (Fsp3) is 0.222. The number of morpholine rings is 1. The number of nitro groups is 1. The minimum Gasteiger partial charge on any atom is -0.456 e. The summed E-state index contributed by atoms with van der Waals surface area (Å²) in [4.78, 5) is 29.5. The number of thioether (sulfide) groups is 1. The molecule has 9 heteroatoms. The van der Waals surface area contributed by atoms with Crippen LogP contribution >= 0.6 is 11.8 Å². The van der Waals surface area contributed by atoms with Crippen molar-refractivity contribution in [2.45, 2.75) is 0 Å². The summed E-state index contributed by atoms with van der Waals surface area (Å²) in [5.74, 6) is 0.501. The summed E-state index contributed by atoms with van der Waals surface area (Å²) < 4.78 is 11.0. The molecule has 0 spiro atoms. The molecule has 138 valence electrons. The van der Waals surface area contributed by atoms with E-state index in [0.29, 0.717) is 53.5 Å². The average molecular weight is 385 g/mol. The van der Waals surface area contributed by atoms with Gasteiger partial charge in [0.25, 0.3) is 11.6 Å². The number of hydrogen-bond acceptors (Lipinski definition) is 7. The van der Waals surface area contributed by atoms with Crippen molar-refractivity contribution >= 4 is 34.6 Å². The monoisotopic (exact) mass is 385 g/mol. The molecular formula is C18H15N3O5S. The molecule has 2 aliphatic rings. The molecule has 0 atom stereocenters. The fourth-order valence-electron chi connectivity index (χ4n) is 2.83. The molecule has 0 unspecified atom stereocenters. The molecule has 1 aromatic heterocycles. The van der Waals surface area contributed by atoms with Gasteiger partial charge in [0.1, 0.15) is 11.5 Å². The molecule has 27 heavy (non-hydrogen) atoms. The van der Waals surface area contributed by atoms with Crippen LogP contribution in [-0.2, 0) is 9.53 Å². The highest BCUT2D eigenvalue weighted by atomic mass is 32.2. The van der Waals surface area contributed by atoms with Gasteiger partial charge in [0, 0.05) is 25.2 Å². The largest absolute Gasteiger partial charge is 0.456 e. The predicted molar refractivity (Wildman–Crippen MR) is 101 cm³/mol. The van der Waals surface area contributed by atoms with Gasteiger partial charge in [0.05, 0.1) is 28.6 Å². The van der Waals surface area contributed by atoms with E-state index in [-0.39, 0.29) is 11.6 Å². The molecule has 2 aliphatic heterocycles. The van der Waals surface area contributed by atoms with Crippen LogP contribution in [0.4, 0.5) is 5.69 Å². The van der Waals surface area contributed by atoms with Gasteiger partial charge in [-0.2, -0.15) is 4.99 Å². The molecule has 1 amide bonds. The molecular weight excluding hydrogens is 370 g/mol. The van der Waals surface area contributed by atoms with Crippen LogP contribution in [0.1, 0.15) is 5.76 Å². The predicted octanol–water partition coefficient (Wildman–Crippen LogP) is 3.16. The number of para-hydroxylation sites is 1. The SMILES string of the molecule is O=C1N=C(N2CCOCC2)SC1=Cc1ccc(-c2ccccc2[N+](=O)[O-])o1. The van der Waals surface area contributed by atoms with Crippen LogP contribution in [0.3, 0.4) is 0 Å². The quantitative estimate of drug-likeness (QED) is 0.455. The number of rotatable bonds is 3. The maximum Gasteiger partial charge on any atom is 0.286 e. The van der Waals surface area contributed by atoms with Gasteiger partial charge in [0.15, 0.2) is 5.17 Å². The van der Waals surface area contributed by atoms with E-state index >= 15 is 0 Å². The molecule has 3 heterocycles. The maximum absolute atomic E-state index is 12.2. The zero-order valence-electron chi connectivity index (χ0n) is 14.2. The molecule has 8 nitrogen and oxygen atoms in total. The molecule has 2 aromatic rings. The topological polar surface area (TPSA) is 98.2 Å². The van der Waals surface area contributed by atoms with Crippen molar-refractivity contribution < 1.29 is 18.9 Å². The van der Waals surface area contributed by atoms with Crippen molar-refractivity contribution in [1.82, 2.24) is 4.90 Å². The molecule has 1 saturated heterocycles. The molecule has 1 aromatic carbocycles. The minimum atomic E-state index is -0.450. The van der Waals surface area contributed by atoms with Crippen LogP contribution < -0.4 is 0 Å². The van der Waals surface area contributed by atoms with E-state index in [0.717, 1.165) is 0 Å². The Kier molecular flexibility index (Phi) is 4.78. The summed E-state index contributed by atoms with van der Waals surface area (Å²) in [5.41, 5.74) is 0.359. The van der Waals surface area contributed by atoms with Gasteiger partial charge in [-0.15, -0.1) is 0 Å². The summed E-state index contributed by atoms with van der Waals surface area (Å²) in [6.07, 6.45) is 1.61. The van der Waals surface area contributed by atoms with E-state index in [1.165, 1.54) is 17.8 Å². The summed E-state index contributed by atoms with van der Waals surface area (Å²) in [5, 5.41) is 11.9. The third-order valence-electron chi connectivity index (χ3n) is 4.16. The number of carbonyl (C=O) groups is 1. The highest BCUT2D eigenvalue weighted by molar-refractivity contribution is 8.18. The van der Waals surface area contributed by atoms with Crippen molar-refractivity contribution in [3.63, 3.8) is 0 Å². The van der Waals surface area contributed by atoms with Crippen molar-refractivity contribution in [1.29, 1.82) is 0 Å². The van der Waals surface area contributed by atoms with Gasteiger partial charge in [-0.25, -0.2) is 0 Å². The molecule has 0 saturated carbocycles. The van der Waals surface area contributed by atoms with Crippen LogP contribution in [0.5, 0.6) is 0 Å². The normalized spacial score (nSPS) is 18.8. The Hall–Kier alpha value is -2.91. The number of furan rings is 1. The molecule has 0 radical (unpaired) electrons. The minimum absolute atomic E-state index is 0.0321. The summed E-state index contributed by atoms with van der Waals surface area (Å²) in [6.45, 7) is 2.64. The van der Waals surface area contributed by atoms with Crippen LogP contribution in [0, 0.1) is 10.1 Å². The lowest BCUT2D eigenvalue weighted by Gasteiger charge is -2.27. The lowest BCUT2D eigenvalue weighted by Crippen LogP contribution is -2.38. The Morgan fingerprint density at radius 3 is 2.74 bits per heavy atom. The molecule has 0 aliphatic carbocycles. The Morgan fingerprint density at radius 2 is 1.96 bits per heavy atom. The second kappa shape index (κ2) is 7.37. The first-order valence-electron chi connectivity index (χ1n) is 8.31. The number of carbonyl (C=O) groups excluding carboxylic acids is 1.